The molecule has 2 aromatic rings. The first-order valence-corrected chi connectivity index (χ1v) is 9.42. The molecular formula is C18H18INO3S. The van der Waals surface area contributed by atoms with Gasteiger partial charge in [0.1, 0.15) is 0 Å². The molecule has 0 saturated heterocycles. The molecule has 4 nitrogen and oxygen atoms in total. The van der Waals surface area contributed by atoms with Crippen LogP contribution in [0.4, 0.5) is 5.69 Å². The van der Waals surface area contributed by atoms with E-state index in [2.05, 4.69) is 27.9 Å². The number of benzene rings is 2. The molecular weight excluding hydrogens is 437 g/mol. The minimum absolute atomic E-state index is 0.181. The van der Waals surface area contributed by atoms with Crippen molar-refractivity contribution in [2.75, 3.05) is 17.7 Å². The van der Waals surface area contributed by atoms with E-state index in [4.69, 9.17) is 4.74 Å². The number of thioether (sulfide) groups is 1. The maximum atomic E-state index is 11.9. The molecule has 2 rings (SSSR count). The van der Waals surface area contributed by atoms with Crippen molar-refractivity contribution in [1.29, 1.82) is 0 Å². The zero-order valence-corrected chi connectivity index (χ0v) is 16.4. The molecule has 0 heterocycles. The van der Waals surface area contributed by atoms with E-state index in [0.29, 0.717) is 0 Å². The number of carbonyl (C=O) groups is 2. The average Bonchev–Trinajstić information content (AvgIpc) is 2.55. The van der Waals surface area contributed by atoms with Crippen LogP contribution in [0.3, 0.4) is 0 Å². The SMILES string of the molecule is Cc1cc(I)ccc1NC(=O)COC(=O)CSc1ccccc1C. The van der Waals surface area contributed by atoms with Crippen molar-refractivity contribution in [2.24, 2.45) is 0 Å². The van der Waals surface area contributed by atoms with Gasteiger partial charge in [-0.05, 0) is 71.8 Å². The Morgan fingerprint density at radius 2 is 1.88 bits per heavy atom. The molecule has 0 spiro atoms. The summed E-state index contributed by atoms with van der Waals surface area (Å²) in [6.07, 6.45) is 0. The summed E-state index contributed by atoms with van der Waals surface area (Å²) in [5, 5.41) is 2.75. The highest BCUT2D eigenvalue weighted by molar-refractivity contribution is 14.1. The van der Waals surface area contributed by atoms with Crippen LogP contribution in [0.25, 0.3) is 0 Å². The maximum Gasteiger partial charge on any atom is 0.316 e. The van der Waals surface area contributed by atoms with E-state index < -0.39 is 5.97 Å². The van der Waals surface area contributed by atoms with Crippen molar-refractivity contribution in [3.63, 3.8) is 0 Å². The number of halogens is 1. The van der Waals surface area contributed by atoms with Crippen molar-refractivity contribution in [3.8, 4) is 0 Å². The third-order valence-corrected chi connectivity index (χ3v) is 5.09. The van der Waals surface area contributed by atoms with E-state index in [1.165, 1.54) is 11.8 Å². The molecule has 0 bridgehead atoms. The zero-order chi connectivity index (χ0) is 17.5. The maximum absolute atomic E-state index is 11.9. The van der Waals surface area contributed by atoms with E-state index >= 15 is 0 Å². The number of hydrogen-bond donors (Lipinski definition) is 1. The lowest BCUT2D eigenvalue weighted by molar-refractivity contribution is -0.144. The second-order valence-corrected chi connectivity index (χ2v) is 7.49. The fraction of sp³-hybridized carbons (Fsp3) is 0.222. The summed E-state index contributed by atoms with van der Waals surface area (Å²) < 4.78 is 6.13. The normalized spacial score (nSPS) is 10.3. The molecule has 126 valence electrons. The number of ether oxygens (including phenoxy) is 1. The van der Waals surface area contributed by atoms with E-state index in [0.717, 1.165) is 25.3 Å². The molecule has 2 aromatic carbocycles. The van der Waals surface area contributed by atoms with Crippen molar-refractivity contribution in [2.45, 2.75) is 18.7 Å². The van der Waals surface area contributed by atoms with Gasteiger partial charge in [-0.1, -0.05) is 18.2 Å². The summed E-state index contributed by atoms with van der Waals surface area (Å²) in [6, 6.07) is 13.6. The molecule has 0 saturated carbocycles. The quantitative estimate of drug-likeness (QED) is 0.404. The monoisotopic (exact) mass is 455 g/mol. The van der Waals surface area contributed by atoms with Gasteiger partial charge < -0.3 is 10.1 Å². The third-order valence-electron chi connectivity index (χ3n) is 3.27. The number of aryl methyl sites for hydroxylation is 2. The lowest BCUT2D eigenvalue weighted by atomic mass is 10.2. The minimum Gasteiger partial charge on any atom is -0.455 e. The predicted molar refractivity (Wildman–Crippen MR) is 105 cm³/mol. The lowest BCUT2D eigenvalue weighted by Crippen LogP contribution is -2.22. The first-order valence-electron chi connectivity index (χ1n) is 7.36. The van der Waals surface area contributed by atoms with Crippen LogP contribution in [-0.2, 0) is 14.3 Å². The minimum atomic E-state index is -0.405. The average molecular weight is 455 g/mol. The number of esters is 1. The fourth-order valence-electron chi connectivity index (χ4n) is 2.00. The fourth-order valence-corrected chi connectivity index (χ4v) is 3.47. The Kier molecular flexibility index (Phi) is 7.11. The molecule has 0 atom stereocenters. The molecule has 0 aliphatic carbocycles. The number of anilines is 1. The summed E-state index contributed by atoms with van der Waals surface area (Å²) in [5.74, 6) is -0.563. The number of hydrogen-bond acceptors (Lipinski definition) is 4. The molecule has 0 unspecified atom stereocenters. The zero-order valence-electron chi connectivity index (χ0n) is 13.5. The van der Waals surface area contributed by atoms with E-state index in [9.17, 15) is 9.59 Å². The second kappa shape index (κ2) is 9.08. The third kappa shape index (κ3) is 5.83. The molecule has 6 heteroatoms. The summed E-state index contributed by atoms with van der Waals surface area (Å²) in [7, 11) is 0. The second-order valence-electron chi connectivity index (χ2n) is 5.22. The number of amides is 1. The first kappa shape index (κ1) is 18.8. The standard InChI is InChI=1S/C18H18INO3S/c1-12-5-3-4-6-16(12)24-11-18(22)23-10-17(21)20-15-8-7-14(19)9-13(15)2/h3-9H,10-11H2,1-2H3,(H,20,21). The van der Waals surface area contributed by atoms with Crippen molar-refractivity contribution < 1.29 is 14.3 Å². The van der Waals surface area contributed by atoms with Crippen molar-refractivity contribution in [1.82, 2.24) is 0 Å². The Morgan fingerprint density at radius 3 is 2.58 bits per heavy atom. The van der Waals surface area contributed by atoms with Crippen molar-refractivity contribution in [3.05, 3.63) is 57.2 Å². The Bertz CT molecular complexity index is 749. The summed E-state index contributed by atoms with van der Waals surface area (Å²) in [4.78, 5) is 24.7. The molecule has 1 amide bonds. The summed E-state index contributed by atoms with van der Waals surface area (Å²) in [5.41, 5.74) is 2.81. The first-order chi connectivity index (χ1) is 11.5. The molecule has 24 heavy (non-hydrogen) atoms. The van der Waals surface area contributed by atoms with Gasteiger partial charge in [0.25, 0.3) is 5.91 Å². The van der Waals surface area contributed by atoms with E-state index in [1.807, 2.05) is 56.3 Å². The molecule has 0 fully saturated rings. The summed E-state index contributed by atoms with van der Waals surface area (Å²) >= 11 is 3.62. The predicted octanol–water partition coefficient (Wildman–Crippen LogP) is 4.18. The number of nitrogens with one attached hydrogen (secondary N) is 1. The van der Waals surface area contributed by atoms with Crippen LogP contribution in [-0.4, -0.2) is 24.2 Å². The van der Waals surface area contributed by atoms with Crippen LogP contribution < -0.4 is 5.32 Å². The topological polar surface area (TPSA) is 55.4 Å². The van der Waals surface area contributed by atoms with Gasteiger partial charge in [0.05, 0.1) is 5.75 Å². The number of carbonyl (C=O) groups excluding carboxylic acids is 2. The smallest absolute Gasteiger partial charge is 0.316 e. The van der Waals surface area contributed by atoms with Gasteiger partial charge in [0.2, 0.25) is 0 Å². The number of rotatable bonds is 6. The van der Waals surface area contributed by atoms with Crippen LogP contribution >= 0.6 is 34.4 Å². The molecule has 0 aliphatic heterocycles. The Hall–Kier alpha value is -1.54. The van der Waals surface area contributed by atoms with Gasteiger partial charge in [-0.2, -0.15) is 0 Å². The molecule has 0 aromatic heterocycles. The van der Waals surface area contributed by atoms with Gasteiger partial charge in [-0.25, -0.2) is 0 Å². The van der Waals surface area contributed by atoms with Crippen LogP contribution in [0.15, 0.2) is 47.4 Å². The highest BCUT2D eigenvalue weighted by Crippen LogP contribution is 2.21. The summed E-state index contributed by atoms with van der Waals surface area (Å²) in [6.45, 7) is 3.63. The Labute approximate surface area is 159 Å². The molecule has 0 aliphatic rings. The Balaban J connectivity index is 1.77. The lowest BCUT2D eigenvalue weighted by Gasteiger charge is -2.09. The molecule has 1 N–H and O–H groups in total. The van der Waals surface area contributed by atoms with Crippen LogP contribution in [0, 0.1) is 17.4 Å². The highest BCUT2D eigenvalue weighted by atomic mass is 127. The largest absolute Gasteiger partial charge is 0.455 e. The molecule has 0 radical (unpaired) electrons. The highest BCUT2D eigenvalue weighted by Gasteiger charge is 2.10. The van der Waals surface area contributed by atoms with E-state index in [-0.39, 0.29) is 18.3 Å². The Morgan fingerprint density at radius 1 is 1.12 bits per heavy atom. The van der Waals surface area contributed by atoms with Gasteiger partial charge in [0.15, 0.2) is 6.61 Å². The van der Waals surface area contributed by atoms with Gasteiger partial charge in [-0.3, -0.25) is 9.59 Å². The van der Waals surface area contributed by atoms with Gasteiger partial charge in [-0.15, -0.1) is 11.8 Å². The van der Waals surface area contributed by atoms with Crippen LogP contribution in [0.5, 0.6) is 0 Å². The van der Waals surface area contributed by atoms with Crippen LogP contribution in [0.1, 0.15) is 11.1 Å². The van der Waals surface area contributed by atoms with Crippen molar-refractivity contribution >= 4 is 51.9 Å². The van der Waals surface area contributed by atoms with Gasteiger partial charge >= 0.3 is 5.97 Å². The van der Waals surface area contributed by atoms with Gasteiger partial charge in [0, 0.05) is 14.2 Å². The van der Waals surface area contributed by atoms with Crippen LogP contribution in [0.2, 0.25) is 0 Å². The van der Waals surface area contributed by atoms with E-state index in [1.54, 1.807) is 0 Å².